The zero-order valence-electron chi connectivity index (χ0n) is 18.4. The molecule has 5 heteroatoms. The molecule has 0 bridgehead atoms. The van der Waals surface area contributed by atoms with Crippen LogP contribution in [0.15, 0.2) is 60.8 Å². The lowest BCUT2D eigenvalue weighted by Gasteiger charge is -2.23. The lowest BCUT2D eigenvalue weighted by molar-refractivity contribution is -0.137. The van der Waals surface area contributed by atoms with Crippen molar-refractivity contribution in [2.24, 2.45) is 0 Å². The van der Waals surface area contributed by atoms with Crippen LogP contribution in [0.2, 0.25) is 19.6 Å². The molecule has 3 rings (SSSR count). The van der Waals surface area contributed by atoms with Crippen LogP contribution in [-0.4, -0.2) is 13.1 Å². The molecule has 0 aliphatic heterocycles. The first-order valence-electron chi connectivity index (χ1n) is 10.1. The Morgan fingerprint density at radius 1 is 0.931 bits per heavy atom. The molecule has 0 aliphatic carbocycles. The highest BCUT2D eigenvalue weighted by atomic mass is 28.3. The van der Waals surface area contributed by atoms with E-state index < -0.39 is 25.7 Å². The third-order valence-corrected chi connectivity index (χ3v) is 6.97. The fourth-order valence-corrected chi connectivity index (χ4v) is 5.01. The van der Waals surface area contributed by atoms with Crippen LogP contribution >= 0.6 is 0 Å². The number of rotatable bonds is 4. The third kappa shape index (κ3) is 4.61. The Morgan fingerprint density at radius 3 is 2.14 bits per heavy atom. The van der Waals surface area contributed by atoms with Gasteiger partial charge in [-0.05, 0) is 46.0 Å². The second kappa shape index (κ2) is 7.79. The van der Waals surface area contributed by atoms with Crippen molar-refractivity contribution in [3.63, 3.8) is 0 Å². The van der Waals surface area contributed by atoms with E-state index >= 15 is 0 Å². The first-order valence-corrected chi connectivity index (χ1v) is 13.1. The standard InChI is InChI=1S/C24H26F3NSi/c1-16(2)19-14-22(28-15-23(19)29(3,4)5)18-11-12-21(24(25,26)27)20(13-18)17-9-7-6-8-10-17/h6-16H,1-5H3/i16D. The summed E-state index contributed by atoms with van der Waals surface area (Å²) in [7, 11) is -1.74. The Morgan fingerprint density at radius 2 is 1.59 bits per heavy atom. The van der Waals surface area contributed by atoms with Crippen LogP contribution in [0.4, 0.5) is 13.2 Å². The van der Waals surface area contributed by atoms with Gasteiger partial charge in [-0.3, -0.25) is 4.98 Å². The van der Waals surface area contributed by atoms with Gasteiger partial charge in [0.2, 0.25) is 0 Å². The minimum absolute atomic E-state index is 0.128. The van der Waals surface area contributed by atoms with E-state index in [1.165, 1.54) is 6.07 Å². The van der Waals surface area contributed by atoms with E-state index in [9.17, 15) is 13.2 Å². The number of halogens is 3. The van der Waals surface area contributed by atoms with Gasteiger partial charge in [0, 0.05) is 13.1 Å². The van der Waals surface area contributed by atoms with Crippen molar-refractivity contribution >= 4 is 13.3 Å². The summed E-state index contributed by atoms with van der Waals surface area (Å²) in [5.74, 6) is -0.832. The molecule has 1 nitrogen and oxygen atoms in total. The van der Waals surface area contributed by atoms with Crippen molar-refractivity contribution in [1.82, 2.24) is 4.98 Å². The topological polar surface area (TPSA) is 12.9 Å². The van der Waals surface area contributed by atoms with Crippen molar-refractivity contribution in [3.05, 3.63) is 71.9 Å². The van der Waals surface area contributed by atoms with E-state index in [2.05, 4.69) is 24.6 Å². The Bertz CT molecular complexity index is 1050. The number of alkyl halides is 3. The summed E-state index contributed by atoms with van der Waals surface area (Å²) in [4.78, 5) is 4.59. The number of benzene rings is 2. The maximum absolute atomic E-state index is 13.6. The minimum Gasteiger partial charge on any atom is -0.256 e. The molecule has 3 aromatic rings. The molecule has 0 aliphatic rings. The van der Waals surface area contributed by atoms with Gasteiger partial charge in [-0.1, -0.05) is 69.9 Å². The van der Waals surface area contributed by atoms with Crippen LogP contribution in [0.3, 0.4) is 0 Å². The van der Waals surface area contributed by atoms with Gasteiger partial charge in [-0.2, -0.15) is 13.2 Å². The third-order valence-electron chi connectivity index (χ3n) is 4.96. The average Bonchev–Trinajstić information content (AvgIpc) is 2.65. The fraction of sp³-hybridized carbons (Fsp3) is 0.292. The minimum atomic E-state index is -4.45. The second-order valence-electron chi connectivity index (χ2n) is 8.49. The number of aromatic nitrogens is 1. The van der Waals surface area contributed by atoms with E-state index in [-0.39, 0.29) is 5.56 Å². The molecule has 0 saturated heterocycles. The average molecular weight is 415 g/mol. The van der Waals surface area contributed by atoms with Crippen LogP contribution < -0.4 is 5.19 Å². The molecular formula is C24H26F3NSi. The van der Waals surface area contributed by atoms with Crippen molar-refractivity contribution < 1.29 is 14.5 Å². The van der Waals surface area contributed by atoms with Crippen LogP contribution in [-0.2, 0) is 6.18 Å². The van der Waals surface area contributed by atoms with Gasteiger partial charge in [0.15, 0.2) is 0 Å². The highest BCUT2D eigenvalue weighted by Gasteiger charge is 2.34. The van der Waals surface area contributed by atoms with E-state index in [0.29, 0.717) is 16.8 Å². The summed E-state index contributed by atoms with van der Waals surface area (Å²) in [5.41, 5.74) is 2.03. The molecule has 29 heavy (non-hydrogen) atoms. The van der Waals surface area contributed by atoms with Gasteiger partial charge in [0.1, 0.15) is 0 Å². The molecule has 0 atom stereocenters. The highest BCUT2D eigenvalue weighted by Crippen LogP contribution is 2.39. The van der Waals surface area contributed by atoms with Gasteiger partial charge in [0.05, 0.1) is 19.3 Å². The van der Waals surface area contributed by atoms with Crippen LogP contribution in [0.1, 0.15) is 32.2 Å². The quantitative estimate of drug-likeness (QED) is 0.415. The monoisotopic (exact) mass is 414 g/mol. The molecule has 0 amide bonds. The lowest BCUT2D eigenvalue weighted by Crippen LogP contribution is -2.40. The van der Waals surface area contributed by atoms with Crippen molar-refractivity contribution in [2.45, 2.75) is 45.6 Å². The summed E-state index contributed by atoms with van der Waals surface area (Å²) < 4.78 is 49.5. The number of pyridine rings is 1. The van der Waals surface area contributed by atoms with Crippen molar-refractivity contribution in [1.29, 1.82) is 0 Å². The molecule has 0 spiro atoms. The zero-order chi connectivity index (χ0) is 22.3. The van der Waals surface area contributed by atoms with E-state index in [1.807, 2.05) is 26.1 Å². The van der Waals surface area contributed by atoms with Gasteiger partial charge in [-0.15, -0.1) is 0 Å². The lowest BCUT2D eigenvalue weighted by atomic mass is 9.94. The highest BCUT2D eigenvalue weighted by molar-refractivity contribution is 6.89. The number of hydrogen-bond donors (Lipinski definition) is 0. The largest absolute Gasteiger partial charge is 0.417 e. The predicted molar refractivity (Wildman–Crippen MR) is 117 cm³/mol. The van der Waals surface area contributed by atoms with E-state index in [1.54, 1.807) is 36.4 Å². The summed E-state index contributed by atoms with van der Waals surface area (Å²) >= 11 is 0. The molecule has 0 fully saturated rings. The van der Waals surface area contributed by atoms with Gasteiger partial charge in [-0.25, -0.2) is 0 Å². The summed E-state index contributed by atoms with van der Waals surface area (Å²) in [6.45, 7) is 10.3. The van der Waals surface area contributed by atoms with Crippen LogP contribution in [0.5, 0.6) is 0 Å². The van der Waals surface area contributed by atoms with Gasteiger partial charge in [0.25, 0.3) is 0 Å². The molecular weight excluding hydrogens is 387 g/mol. The molecule has 1 heterocycles. The number of nitrogens with zero attached hydrogens (tertiary/aromatic N) is 1. The molecule has 152 valence electrons. The van der Waals surface area contributed by atoms with Gasteiger partial charge >= 0.3 is 6.18 Å². The molecule has 0 unspecified atom stereocenters. The van der Waals surface area contributed by atoms with E-state index in [0.717, 1.165) is 16.8 Å². The van der Waals surface area contributed by atoms with Gasteiger partial charge < -0.3 is 0 Å². The molecule has 1 aromatic heterocycles. The first-order chi connectivity index (χ1) is 13.8. The molecule has 2 aromatic carbocycles. The van der Waals surface area contributed by atoms with Crippen molar-refractivity contribution in [3.8, 4) is 22.4 Å². The summed E-state index contributed by atoms with van der Waals surface area (Å²) in [6, 6.07) is 14.6. The van der Waals surface area contributed by atoms with Crippen LogP contribution in [0.25, 0.3) is 22.4 Å². The maximum atomic E-state index is 13.6. The Kier molecular flexibility index (Phi) is 5.34. The normalized spacial score (nSPS) is 13.3. The smallest absolute Gasteiger partial charge is 0.256 e. The molecule has 0 radical (unpaired) electrons. The van der Waals surface area contributed by atoms with Crippen LogP contribution in [0, 0.1) is 0 Å². The maximum Gasteiger partial charge on any atom is 0.417 e. The Balaban J connectivity index is 2.22. The summed E-state index contributed by atoms with van der Waals surface area (Å²) in [6.07, 6.45) is -2.64. The predicted octanol–water partition coefficient (Wildman–Crippen LogP) is 7.10. The second-order valence-corrected chi connectivity index (χ2v) is 13.5. The molecule has 0 saturated carbocycles. The van der Waals surface area contributed by atoms with E-state index in [4.69, 9.17) is 1.37 Å². The summed E-state index contributed by atoms with van der Waals surface area (Å²) in [5, 5.41) is 1.10. The molecule has 0 N–H and O–H groups in total. The van der Waals surface area contributed by atoms with Crippen molar-refractivity contribution in [2.75, 3.05) is 0 Å². The fourth-order valence-electron chi connectivity index (χ4n) is 3.43. The Hall–Kier alpha value is -2.40. The first kappa shape index (κ1) is 19.9. The zero-order valence-corrected chi connectivity index (χ0v) is 18.4. The SMILES string of the molecule is [2H]C(C)(C)c1cc(-c2ccc(C(F)(F)F)c(-c3ccccc3)c2)ncc1[Si](C)(C)C. The number of hydrogen-bond acceptors (Lipinski definition) is 1. The Labute approximate surface area is 173 Å².